The molecule has 4 amide bonds. The van der Waals surface area contributed by atoms with Crippen LogP contribution >= 0.6 is 45.8 Å². The molecule has 38 heavy (non-hydrogen) atoms. The van der Waals surface area contributed by atoms with Crippen LogP contribution in [0.25, 0.3) is 6.08 Å². The van der Waals surface area contributed by atoms with Crippen LogP contribution in [0.4, 0.5) is 10.5 Å². The number of urea groups is 1. The van der Waals surface area contributed by atoms with Crippen molar-refractivity contribution in [2.45, 2.75) is 27.4 Å². The molecule has 1 saturated heterocycles. The number of benzene rings is 3. The Labute approximate surface area is 243 Å². The van der Waals surface area contributed by atoms with E-state index in [1.807, 2.05) is 32.9 Å². The zero-order chi connectivity index (χ0) is 27.6. The van der Waals surface area contributed by atoms with Crippen LogP contribution in [0.2, 0.25) is 10.0 Å². The van der Waals surface area contributed by atoms with Gasteiger partial charge in [0.2, 0.25) is 0 Å². The minimum atomic E-state index is -0.794. The fourth-order valence-corrected chi connectivity index (χ4v) is 5.10. The molecule has 0 aromatic heterocycles. The number of hydrogen-bond donors (Lipinski definition) is 1. The number of halogens is 3. The summed E-state index contributed by atoms with van der Waals surface area (Å²) in [6.45, 7) is 6.17. The van der Waals surface area contributed by atoms with Gasteiger partial charge in [-0.05, 0) is 108 Å². The lowest BCUT2D eigenvalue weighted by atomic mass is 10.0. The maximum Gasteiger partial charge on any atom is 0.335 e. The quantitative estimate of drug-likeness (QED) is 0.170. The maximum absolute atomic E-state index is 13.3. The van der Waals surface area contributed by atoms with Crippen molar-refractivity contribution in [3.05, 3.63) is 90.0 Å². The van der Waals surface area contributed by atoms with Crippen molar-refractivity contribution in [3.63, 3.8) is 0 Å². The van der Waals surface area contributed by atoms with Crippen LogP contribution < -0.4 is 19.7 Å². The summed E-state index contributed by atoms with van der Waals surface area (Å²) in [4.78, 5) is 39.6. The first-order valence-electron chi connectivity index (χ1n) is 11.6. The van der Waals surface area contributed by atoms with Crippen LogP contribution in [-0.4, -0.2) is 24.5 Å². The number of carbonyl (C=O) groups excluding carboxylic acids is 3. The van der Waals surface area contributed by atoms with Crippen LogP contribution in [0.5, 0.6) is 11.5 Å². The number of rotatable bonds is 7. The Morgan fingerprint density at radius 3 is 2.32 bits per heavy atom. The molecule has 1 fully saturated rings. The molecule has 0 atom stereocenters. The summed E-state index contributed by atoms with van der Waals surface area (Å²) in [5, 5.41) is 3.15. The second-order valence-electron chi connectivity index (χ2n) is 8.60. The Hall–Kier alpha value is -3.08. The first kappa shape index (κ1) is 27.9. The topological polar surface area (TPSA) is 84.9 Å². The van der Waals surface area contributed by atoms with Gasteiger partial charge in [-0.15, -0.1) is 0 Å². The summed E-state index contributed by atoms with van der Waals surface area (Å²) in [5.41, 5.74) is 3.34. The van der Waals surface area contributed by atoms with Gasteiger partial charge in [0.1, 0.15) is 12.2 Å². The number of amides is 4. The van der Waals surface area contributed by atoms with Crippen LogP contribution in [-0.2, 0) is 16.2 Å². The smallest absolute Gasteiger partial charge is 0.335 e. The van der Waals surface area contributed by atoms with Gasteiger partial charge < -0.3 is 9.47 Å². The highest BCUT2D eigenvalue weighted by Crippen LogP contribution is 2.36. The standard InChI is InChI=1S/C28H23Cl2IN2O5/c1-4-37-24-13-18(12-23(31)25(24)38-14-17-5-6-21(29)22(30)11-17)10-20-26(34)32-28(36)33(27(20)35)19-8-15(2)7-16(3)9-19/h5-13H,4,14H2,1-3H3,(H,32,34,36)/b20-10+. The van der Waals surface area contributed by atoms with E-state index in [0.29, 0.717) is 43.0 Å². The highest BCUT2D eigenvalue weighted by Gasteiger charge is 2.37. The molecule has 3 aromatic carbocycles. The number of ether oxygens (including phenoxy) is 2. The Morgan fingerprint density at radius 2 is 1.66 bits per heavy atom. The summed E-state index contributed by atoms with van der Waals surface area (Å²) in [6, 6.07) is 13.3. The van der Waals surface area contributed by atoms with E-state index in [0.717, 1.165) is 21.6 Å². The Morgan fingerprint density at radius 1 is 0.947 bits per heavy atom. The number of nitrogens with one attached hydrogen (secondary N) is 1. The van der Waals surface area contributed by atoms with Gasteiger partial charge in [-0.25, -0.2) is 9.69 Å². The number of barbiturate groups is 1. The van der Waals surface area contributed by atoms with Gasteiger partial charge in [0.05, 0.1) is 25.9 Å². The molecule has 1 heterocycles. The molecule has 0 spiro atoms. The lowest BCUT2D eigenvalue weighted by molar-refractivity contribution is -0.122. The van der Waals surface area contributed by atoms with Crippen LogP contribution in [0.15, 0.2) is 54.1 Å². The molecule has 0 radical (unpaired) electrons. The summed E-state index contributed by atoms with van der Waals surface area (Å²) >= 11 is 14.2. The van der Waals surface area contributed by atoms with Crippen molar-refractivity contribution in [3.8, 4) is 11.5 Å². The van der Waals surface area contributed by atoms with Gasteiger partial charge in [-0.3, -0.25) is 14.9 Å². The highest BCUT2D eigenvalue weighted by atomic mass is 127. The van der Waals surface area contributed by atoms with Gasteiger partial charge in [0.15, 0.2) is 11.5 Å². The molecule has 0 bridgehead atoms. The average Bonchev–Trinajstić information content (AvgIpc) is 2.83. The van der Waals surface area contributed by atoms with E-state index in [4.69, 9.17) is 32.7 Å². The largest absolute Gasteiger partial charge is 0.490 e. The second-order valence-corrected chi connectivity index (χ2v) is 10.6. The lowest BCUT2D eigenvalue weighted by Crippen LogP contribution is -2.54. The number of hydrogen-bond acceptors (Lipinski definition) is 5. The van der Waals surface area contributed by atoms with Gasteiger partial charge in [-0.1, -0.05) is 35.3 Å². The van der Waals surface area contributed by atoms with Crippen molar-refractivity contribution >= 4 is 75.4 Å². The second kappa shape index (κ2) is 11.8. The number of imide groups is 2. The van der Waals surface area contributed by atoms with E-state index in [1.54, 1.807) is 36.4 Å². The Kier molecular flexibility index (Phi) is 8.64. The van der Waals surface area contributed by atoms with Gasteiger partial charge >= 0.3 is 6.03 Å². The molecule has 0 aliphatic carbocycles. The van der Waals surface area contributed by atoms with Gasteiger partial charge in [0.25, 0.3) is 11.8 Å². The SMILES string of the molecule is CCOc1cc(/C=C2\C(=O)NC(=O)N(c3cc(C)cc(C)c3)C2=O)cc(I)c1OCc1ccc(Cl)c(Cl)c1. The molecule has 0 unspecified atom stereocenters. The summed E-state index contributed by atoms with van der Waals surface area (Å²) in [7, 11) is 0. The molecule has 1 N–H and O–H groups in total. The fraction of sp³-hybridized carbons (Fsp3) is 0.179. The molecular formula is C28H23Cl2IN2O5. The van der Waals surface area contributed by atoms with E-state index in [9.17, 15) is 14.4 Å². The summed E-state index contributed by atoms with van der Waals surface area (Å²) < 4.78 is 12.6. The molecule has 10 heteroatoms. The van der Waals surface area contributed by atoms with E-state index >= 15 is 0 Å². The molecular weight excluding hydrogens is 642 g/mol. The highest BCUT2D eigenvalue weighted by molar-refractivity contribution is 14.1. The normalized spacial score (nSPS) is 14.6. The summed E-state index contributed by atoms with van der Waals surface area (Å²) in [5.74, 6) is -0.533. The Bertz CT molecular complexity index is 1470. The zero-order valence-electron chi connectivity index (χ0n) is 20.7. The molecule has 1 aliphatic heterocycles. The number of aryl methyl sites for hydroxylation is 2. The first-order valence-corrected chi connectivity index (χ1v) is 13.4. The zero-order valence-corrected chi connectivity index (χ0v) is 24.4. The number of carbonyl (C=O) groups is 3. The van der Waals surface area contributed by atoms with Crippen LogP contribution in [0, 0.1) is 17.4 Å². The summed E-state index contributed by atoms with van der Waals surface area (Å²) in [6.07, 6.45) is 1.44. The van der Waals surface area contributed by atoms with Gasteiger partial charge in [-0.2, -0.15) is 0 Å². The van der Waals surface area contributed by atoms with Crippen molar-refractivity contribution in [2.24, 2.45) is 0 Å². The van der Waals surface area contributed by atoms with Crippen LogP contribution in [0.1, 0.15) is 29.2 Å². The minimum Gasteiger partial charge on any atom is -0.490 e. The van der Waals surface area contributed by atoms with E-state index in [-0.39, 0.29) is 12.2 Å². The molecule has 196 valence electrons. The number of nitrogens with zero attached hydrogens (tertiary/aromatic N) is 1. The monoisotopic (exact) mass is 664 g/mol. The third-order valence-corrected chi connectivity index (χ3v) is 7.12. The third kappa shape index (κ3) is 6.14. The molecule has 3 aromatic rings. The predicted molar refractivity (Wildman–Crippen MR) is 156 cm³/mol. The van der Waals surface area contributed by atoms with Crippen molar-refractivity contribution in [1.82, 2.24) is 5.32 Å². The van der Waals surface area contributed by atoms with Crippen molar-refractivity contribution in [2.75, 3.05) is 11.5 Å². The molecule has 7 nitrogen and oxygen atoms in total. The first-order chi connectivity index (χ1) is 18.1. The molecule has 0 saturated carbocycles. The molecule has 4 rings (SSSR count). The third-order valence-electron chi connectivity index (χ3n) is 5.58. The van der Waals surface area contributed by atoms with E-state index < -0.39 is 17.8 Å². The van der Waals surface area contributed by atoms with Gasteiger partial charge in [0, 0.05) is 0 Å². The molecule has 1 aliphatic rings. The van der Waals surface area contributed by atoms with E-state index in [1.165, 1.54) is 6.08 Å². The fourth-order valence-electron chi connectivity index (χ4n) is 4.00. The number of anilines is 1. The Balaban J connectivity index is 1.67. The van der Waals surface area contributed by atoms with Crippen molar-refractivity contribution in [1.29, 1.82) is 0 Å². The predicted octanol–water partition coefficient (Wildman–Crippen LogP) is 6.86. The van der Waals surface area contributed by atoms with Crippen LogP contribution in [0.3, 0.4) is 0 Å². The van der Waals surface area contributed by atoms with E-state index in [2.05, 4.69) is 27.9 Å². The lowest BCUT2D eigenvalue weighted by Gasteiger charge is -2.27. The maximum atomic E-state index is 13.3. The van der Waals surface area contributed by atoms with Crippen molar-refractivity contribution < 1.29 is 23.9 Å². The average molecular weight is 665 g/mol. The minimum absolute atomic E-state index is 0.175.